The summed E-state index contributed by atoms with van der Waals surface area (Å²) in [5.74, 6) is 0.282. The van der Waals surface area contributed by atoms with Crippen molar-refractivity contribution in [1.82, 2.24) is 14.9 Å². The lowest BCUT2D eigenvalue weighted by molar-refractivity contribution is -0.124. The van der Waals surface area contributed by atoms with E-state index in [1.54, 1.807) is 6.07 Å². The summed E-state index contributed by atoms with van der Waals surface area (Å²) in [6.07, 6.45) is 2.44. The largest absolute Gasteiger partial charge is 0.478 e. The van der Waals surface area contributed by atoms with Crippen molar-refractivity contribution >= 4 is 51.5 Å². The molecule has 0 saturated carbocycles. The fourth-order valence-corrected chi connectivity index (χ4v) is 5.58. The Kier molecular flexibility index (Phi) is 9.28. The molecule has 1 atom stereocenters. The number of nitrogens with one attached hydrogen (secondary N) is 1. The van der Waals surface area contributed by atoms with Gasteiger partial charge in [0.2, 0.25) is 5.91 Å². The highest BCUT2D eigenvalue weighted by Crippen LogP contribution is 2.26. The van der Waals surface area contributed by atoms with E-state index in [1.807, 2.05) is 49.4 Å². The molecule has 3 aromatic carbocycles. The van der Waals surface area contributed by atoms with Crippen molar-refractivity contribution in [2.45, 2.75) is 46.2 Å². The molecule has 38 heavy (non-hydrogen) atoms. The second-order valence-corrected chi connectivity index (χ2v) is 10.8. The molecule has 4 aromatic rings. The number of carboxylic acid groups (broad SMARTS) is 1. The molecule has 0 aliphatic rings. The molecule has 0 radical (unpaired) electrons. The Hall–Kier alpha value is -3.10. The van der Waals surface area contributed by atoms with Gasteiger partial charge in [0.15, 0.2) is 0 Å². The highest BCUT2D eigenvalue weighted by Gasteiger charge is 2.19. The molecule has 0 aliphatic heterocycles. The number of fused-ring (bicyclic) bond motifs is 1. The third-order valence-electron chi connectivity index (χ3n) is 6.64. The van der Waals surface area contributed by atoms with Crippen LogP contribution in [0, 0.1) is 12.8 Å². The number of amides is 1. The summed E-state index contributed by atoms with van der Waals surface area (Å²) in [7, 11) is 0. The lowest BCUT2D eigenvalue weighted by Gasteiger charge is -2.15. The van der Waals surface area contributed by atoms with Gasteiger partial charge in [-0.1, -0.05) is 49.4 Å². The highest BCUT2D eigenvalue weighted by molar-refractivity contribution is 9.10. The Bertz CT molecular complexity index is 1450. The molecule has 1 heterocycles. The van der Waals surface area contributed by atoms with E-state index >= 15 is 0 Å². The SMILES string of the molecule is CCCc1nc2c(C)cc(CNC(=O)C(CS)Cc3ccccc3)cc2n1Cc1ccc(C(=O)O)c(Br)c1. The van der Waals surface area contributed by atoms with E-state index < -0.39 is 5.97 Å². The van der Waals surface area contributed by atoms with Crippen molar-refractivity contribution in [2.75, 3.05) is 5.75 Å². The Labute approximate surface area is 237 Å². The Morgan fingerprint density at radius 3 is 2.50 bits per heavy atom. The summed E-state index contributed by atoms with van der Waals surface area (Å²) < 4.78 is 2.75. The predicted molar refractivity (Wildman–Crippen MR) is 158 cm³/mol. The third kappa shape index (κ3) is 6.48. The Morgan fingerprint density at radius 2 is 1.84 bits per heavy atom. The molecule has 6 nitrogen and oxygen atoms in total. The molecule has 0 aliphatic carbocycles. The molecule has 4 rings (SSSR count). The van der Waals surface area contributed by atoms with Crippen LogP contribution in [0.5, 0.6) is 0 Å². The third-order valence-corrected chi connectivity index (χ3v) is 7.74. The van der Waals surface area contributed by atoms with E-state index in [0.29, 0.717) is 29.7 Å². The molecule has 1 aromatic heterocycles. The van der Waals surface area contributed by atoms with Crippen LogP contribution in [0.25, 0.3) is 11.0 Å². The van der Waals surface area contributed by atoms with Crippen LogP contribution < -0.4 is 5.32 Å². The molecule has 198 valence electrons. The van der Waals surface area contributed by atoms with Crippen LogP contribution in [0.4, 0.5) is 0 Å². The predicted octanol–water partition coefficient (Wildman–Crippen LogP) is 6.21. The van der Waals surface area contributed by atoms with E-state index in [2.05, 4.69) is 57.5 Å². The first-order chi connectivity index (χ1) is 18.3. The molecule has 1 unspecified atom stereocenters. The van der Waals surface area contributed by atoms with E-state index in [1.165, 1.54) is 0 Å². The monoisotopic (exact) mass is 593 g/mol. The number of aromatic carboxylic acids is 1. The number of aryl methyl sites for hydroxylation is 2. The average molecular weight is 595 g/mol. The lowest BCUT2D eigenvalue weighted by Crippen LogP contribution is -2.32. The van der Waals surface area contributed by atoms with Crippen LogP contribution in [0.15, 0.2) is 65.1 Å². The zero-order valence-corrected chi connectivity index (χ0v) is 24.1. The smallest absolute Gasteiger partial charge is 0.336 e. The van der Waals surface area contributed by atoms with E-state index in [0.717, 1.165) is 52.0 Å². The molecular weight excluding hydrogens is 562 g/mol. The van der Waals surface area contributed by atoms with Gasteiger partial charge in [0.05, 0.1) is 22.5 Å². The summed E-state index contributed by atoms with van der Waals surface area (Å²) in [4.78, 5) is 29.4. The van der Waals surface area contributed by atoms with Crippen molar-refractivity contribution in [3.05, 3.63) is 98.8 Å². The first kappa shape index (κ1) is 27.9. The van der Waals surface area contributed by atoms with Crippen molar-refractivity contribution in [2.24, 2.45) is 5.92 Å². The topological polar surface area (TPSA) is 84.2 Å². The Morgan fingerprint density at radius 1 is 1.08 bits per heavy atom. The number of carbonyl (C=O) groups is 2. The van der Waals surface area contributed by atoms with Gasteiger partial charge in [-0.15, -0.1) is 0 Å². The number of benzene rings is 3. The van der Waals surface area contributed by atoms with Crippen molar-refractivity contribution in [3.8, 4) is 0 Å². The summed E-state index contributed by atoms with van der Waals surface area (Å²) in [6, 6.07) is 19.5. The first-order valence-electron chi connectivity index (χ1n) is 12.7. The summed E-state index contributed by atoms with van der Waals surface area (Å²) in [5.41, 5.74) is 6.35. The molecule has 8 heteroatoms. The van der Waals surface area contributed by atoms with Crippen LogP contribution in [-0.2, 0) is 30.7 Å². The van der Waals surface area contributed by atoms with Gasteiger partial charge in [0, 0.05) is 29.7 Å². The average Bonchev–Trinajstić information content (AvgIpc) is 3.24. The lowest BCUT2D eigenvalue weighted by atomic mass is 10.00. The zero-order chi connectivity index (χ0) is 27.2. The van der Waals surface area contributed by atoms with E-state index in [4.69, 9.17) is 4.98 Å². The number of thiol groups is 1. The number of aromatic nitrogens is 2. The van der Waals surface area contributed by atoms with Crippen LogP contribution in [0.3, 0.4) is 0 Å². The van der Waals surface area contributed by atoms with Crippen LogP contribution in [0.2, 0.25) is 0 Å². The summed E-state index contributed by atoms with van der Waals surface area (Å²) >= 11 is 7.82. The molecule has 2 N–H and O–H groups in total. The molecule has 1 amide bonds. The van der Waals surface area contributed by atoms with E-state index in [-0.39, 0.29) is 17.4 Å². The zero-order valence-electron chi connectivity index (χ0n) is 21.6. The van der Waals surface area contributed by atoms with Gasteiger partial charge >= 0.3 is 5.97 Å². The second kappa shape index (κ2) is 12.6. The van der Waals surface area contributed by atoms with Gasteiger partial charge in [-0.25, -0.2) is 9.78 Å². The highest BCUT2D eigenvalue weighted by atomic mass is 79.9. The van der Waals surface area contributed by atoms with Crippen molar-refractivity contribution in [3.63, 3.8) is 0 Å². The van der Waals surface area contributed by atoms with E-state index in [9.17, 15) is 14.7 Å². The van der Waals surface area contributed by atoms with Crippen LogP contribution >= 0.6 is 28.6 Å². The van der Waals surface area contributed by atoms with Crippen molar-refractivity contribution < 1.29 is 14.7 Å². The molecule has 0 bridgehead atoms. The fourth-order valence-electron chi connectivity index (χ4n) is 4.69. The minimum Gasteiger partial charge on any atom is -0.478 e. The molecule has 0 saturated heterocycles. The maximum absolute atomic E-state index is 13.0. The standard InChI is InChI=1S/C30H32BrN3O3S/c1-3-7-27-33-28-19(2)12-22(16-32-29(35)23(18-38)13-20-8-5-4-6-9-20)15-26(28)34(27)17-21-10-11-24(30(36)37)25(31)14-21/h4-6,8-12,14-15,23,38H,3,7,13,16-18H2,1-2H3,(H,32,35)(H,36,37). The number of carbonyl (C=O) groups excluding carboxylic acids is 1. The number of nitrogens with zero attached hydrogens (tertiary/aromatic N) is 2. The van der Waals surface area contributed by atoms with Crippen LogP contribution in [0.1, 0.15) is 51.8 Å². The molecular formula is C30H32BrN3O3S. The van der Waals surface area contributed by atoms with Gasteiger partial charge in [0.25, 0.3) is 0 Å². The second-order valence-electron chi connectivity index (χ2n) is 9.55. The summed E-state index contributed by atoms with van der Waals surface area (Å²) in [5, 5.41) is 12.5. The number of hydrogen-bond donors (Lipinski definition) is 3. The maximum atomic E-state index is 13.0. The Balaban J connectivity index is 1.59. The minimum absolute atomic E-state index is 0.00912. The fraction of sp³-hybridized carbons (Fsp3) is 0.300. The number of carboxylic acids is 1. The minimum atomic E-state index is -0.964. The quantitative estimate of drug-likeness (QED) is 0.180. The number of rotatable bonds is 11. The molecule has 0 spiro atoms. The number of imidazole rings is 1. The van der Waals surface area contributed by atoms with Gasteiger partial charge in [-0.3, -0.25) is 4.79 Å². The van der Waals surface area contributed by atoms with Gasteiger partial charge < -0.3 is 15.0 Å². The summed E-state index contributed by atoms with van der Waals surface area (Å²) in [6.45, 7) is 5.16. The van der Waals surface area contributed by atoms with Crippen LogP contribution in [-0.4, -0.2) is 32.3 Å². The van der Waals surface area contributed by atoms with Gasteiger partial charge in [-0.2, -0.15) is 12.6 Å². The van der Waals surface area contributed by atoms with Crippen molar-refractivity contribution in [1.29, 1.82) is 0 Å². The maximum Gasteiger partial charge on any atom is 0.336 e. The normalized spacial score (nSPS) is 12.0. The number of hydrogen-bond acceptors (Lipinski definition) is 4. The first-order valence-corrected chi connectivity index (χ1v) is 14.2. The molecule has 0 fully saturated rings. The number of halogens is 1. The van der Waals surface area contributed by atoms with Gasteiger partial charge in [0.1, 0.15) is 5.82 Å². The van der Waals surface area contributed by atoms with Gasteiger partial charge in [-0.05, 0) is 76.1 Å².